The third-order valence-electron chi connectivity index (χ3n) is 3.88. The molecule has 3 aromatic carbocycles. The molecule has 0 fully saturated rings. The Balaban J connectivity index is 1.72. The Morgan fingerprint density at radius 3 is 2.42 bits per heavy atom. The maximum absolute atomic E-state index is 11.4. The summed E-state index contributed by atoms with van der Waals surface area (Å²) in [5.74, 6) is 6.15. The first-order chi connectivity index (χ1) is 14.9. The van der Waals surface area contributed by atoms with E-state index in [0.717, 1.165) is 15.4 Å². The lowest BCUT2D eigenvalue weighted by molar-refractivity contribution is -0.145. The summed E-state index contributed by atoms with van der Waals surface area (Å²) in [4.78, 5) is 13.1. The number of ether oxygens (including phenoxy) is 2. The van der Waals surface area contributed by atoms with Crippen LogP contribution >= 0.6 is 35.0 Å². The summed E-state index contributed by atoms with van der Waals surface area (Å²) in [5.41, 5.74) is 1.50. The number of phenolic OH excluding ortho intramolecular Hbond substituents is 1. The lowest BCUT2D eigenvalue weighted by atomic mass is 10.2. The minimum absolute atomic E-state index is 0.117. The van der Waals surface area contributed by atoms with Crippen LogP contribution in [0.2, 0.25) is 10.0 Å². The number of hydrogen-bond acceptors (Lipinski definition) is 5. The standard InChI is InChI=1S/C24H18Cl2O4S/c1-2-29-24(28)15-30-23-10-9-20(14-22(23)26)31-21-12-17(11-19(27)13-21)4-3-16-5-7-18(25)8-6-16/h5-14,27H,2,15H2,1H3. The van der Waals surface area contributed by atoms with E-state index >= 15 is 0 Å². The summed E-state index contributed by atoms with van der Waals surface area (Å²) in [7, 11) is 0. The number of aromatic hydroxyl groups is 1. The van der Waals surface area contributed by atoms with Crippen LogP contribution in [0.5, 0.6) is 11.5 Å². The molecule has 0 spiro atoms. The Morgan fingerprint density at radius 1 is 0.968 bits per heavy atom. The van der Waals surface area contributed by atoms with Crippen molar-refractivity contribution in [3.05, 3.63) is 81.8 Å². The molecule has 0 heterocycles. The second-order valence-electron chi connectivity index (χ2n) is 6.26. The summed E-state index contributed by atoms with van der Waals surface area (Å²) in [6, 6.07) is 17.6. The number of phenols is 1. The number of esters is 1. The lowest BCUT2D eigenvalue weighted by Crippen LogP contribution is -2.14. The van der Waals surface area contributed by atoms with E-state index in [4.69, 9.17) is 32.7 Å². The van der Waals surface area contributed by atoms with E-state index in [0.29, 0.717) is 28.0 Å². The lowest BCUT2D eigenvalue weighted by Gasteiger charge is -2.09. The monoisotopic (exact) mass is 472 g/mol. The molecule has 0 aliphatic rings. The van der Waals surface area contributed by atoms with Crippen molar-refractivity contribution < 1.29 is 19.4 Å². The van der Waals surface area contributed by atoms with Gasteiger partial charge in [-0.2, -0.15) is 0 Å². The van der Waals surface area contributed by atoms with Gasteiger partial charge in [0.15, 0.2) is 6.61 Å². The van der Waals surface area contributed by atoms with Crippen LogP contribution in [0.3, 0.4) is 0 Å². The van der Waals surface area contributed by atoms with E-state index in [1.54, 1.807) is 43.3 Å². The van der Waals surface area contributed by atoms with E-state index in [-0.39, 0.29) is 12.4 Å². The van der Waals surface area contributed by atoms with Crippen LogP contribution in [-0.4, -0.2) is 24.3 Å². The van der Waals surface area contributed by atoms with E-state index in [1.165, 1.54) is 11.8 Å². The van der Waals surface area contributed by atoms with E-state index in [1.807, 2.05) is 24.3 Å². The summed E-state index contributed by atoms with van der Waals surface area (Å²) in [6.45, 7) is 1.82. The van der Waals surface area contributed by atoms with Gasteiger partial charge in [-0.15, -0.1) is 0 Å². The Bertz CT molecular complexity index is 1130. The zero-order valence-corrected chi connectivity index (χ0v) is 18.9. The maximum Gasteiger partial charge on any atom is 0.344 e. The molecule has 4 nitrogen and oxygen atoms in total. The van der Waals surface area contributed by atoms with Crippen LogP contribution in [0.1, 0.15) is 18.1 Å². The van der Waals surface area contributed by atoms with Gasteiger partial charge in [0.1, 0.15) is 11.5 Å². The highest BCUT2D eigenvalue weighted by atomic mass is 35.5. The molecule has 158 valence electrons. The third-order valence-corrected chi connectivity index (χ3v) is 5.38. The van der Waals surface area contributed by atoms with Gasteiger partial charge in [0.05, 0.1) is 11.6 Å². The Labute approximate surface area is 195 Å². The molecule has 3 aromatic rings. The molecular weight excluding hydrogens is 455 g/mol. The van der Waals surface area contributed by atoms with Gasteiger partial charge in [-0.1, -0.05) is 46.8 Å². The smallest absolute Gasteiger partial charge is 0.344 e. The van der Waals surface area contributed by atoms with Crippen LogP contribution in [0.4, 0.5) is 0 Å². The molecular formula is C24H18Cl2O4S. The molecule has 1 N–H and O–H groups in total. The highest BCUT2D eigenvalue weighted by molar-refractivity contribution is 7.99. The summed E-state index contributed by atoms with van der Waals surface area (Å²) >= 11 is 13.6. The van der Waals surface area contributed by atoms with Crippen LogP contribution in [0.25, 0.3) is 0 Å². The predicted molar refractivity (Wildman–Crippen MR) is 123 cm³/mol. The topological polar surface area (TPSA) is 55.8 Å². The Morgan fingerprint density at radius 2 is 1.71 bits per heavy atom. The van der Waals surface area contributed by atoms with Gasteiger partial charge in [-0.3, -0.25) is 0 Å². The van der Waals surface area contributed by atoms with Crippen molar-refractivity contribution in [1.29, 1.82) is 0 Å². The van der Waals surface area contributed by atoms with Crippen LogP contribution < -0.4 is 4.74 Å². The second kappa shape index (κ2) is 11.0. The summed E-state index contributed by atoms with van der Waals surface area (Å²) in [5, 5.41) is 11.1. The Kier molecular flexibility index (Phi) is 8.13. The molecule has 0 saturated carbocycles. The van der Waals surface area contributed by atoms with Crippen molar-refractivity contribution in [2.45, 2.75) is 16.7 Å². The Hall–Kier alpha value is -2.78. The molecule has 0 aliphatic heterocycles. The van der Waals surface area contributed by atoms with Gasteiger partial charge >= 0.3 is 5.97 Å². The van der Waals surface area contributed by atoms with Gasteiger partial charge < -0.3 is 14.6 Å². The first-order valence-electron chi connectivity index (χ1n) is 9.30. The molecule has 31 heavy (non-hydrogen) atoms. The van der Waals surface area contributed by atoms with E-state index in [9.17, 15) is 9.90 Å². The predicted octanol–water partition coefficient (Wildman–Crippen LogP) is 6.19. The number of rotatable bonds is 6. The number of halogens is 2. The highest BCUT2D eigenvalue weighted by Crippen LogP contribution is 2.35. The number of hydrogen-bond donors (Lipinski definition) is 1. The minimum atomic E-state index is -0.455. The average Bonchev–Trinajstić information content (AvgIpc) is 2.72. The molecule has 3 rings (SSSR count). The molecule has 0 bridgehead atoms. The largest absolute Gasteiger partial charge is 0.508 e. The fourth-order valence-corrected chi connectivity index (χ4v) is 3.91. The van der Waals surface area contributed by atoms with E-state index < -0.39 is 5.97 Å². The van der Waals surface area contributed by atoms with Crippen molar-refractivity contribution in [2.24, 2.45) is 0 Å². The first-order valence-corrected chi connectivity index (χ1v) is 10.9. The quantitative estimate of drug-likeness (QED) is 0.342. The van der Waals surface area contributed by atoms with Crippen LogP contribution in [0, 0.1) is 11.8 Å². The maximum atomic E-state index is 11.4. The zero-order chi connectivity index (χ0) is 22.2. The molecule has 0 unspecified atom stereocenters. The van der Waals surface area contributed by atoms with Gasteiger partial charge in [0.25, 0.3) is 0 Å². The molecule has 0 amide bonds. The summed E-state index contributed by atoms with van der Waals surface area (Å²) < 4.78 is 10.2. The summed E-state index contributed by atoms with van der Waals surface area (Å²) in [6.07, 6.45) is 0. The SMILES string of the molecule is CCOC(=O)COc1ccc(Sc2cc(O)cc(C#Cc3ccc(Cl)cc3)c2)cc1Cl. The molecule has 0 atom stereocenters. The van der Waals surface area contributed by atoms with Crippen LogP contribution in [-0.2, 0) is 9.53 Å². The van der Waals surface area contributed by atoms with Crippen molar-refractivity contribution >= 4 is 40.9 Å². The number of carbonyl (C=O) groups is 1. The number of benzene rings is 3. The fourth-order valence-electron chi connectivity index (χ4n) is 2.53. The average molecular weight is 473 g/mol. The van der Waals surface area contributed by atoms with Gasteiger partial charge in [-0.25, -0.2) is 4.79 Å². The molecule has 0 aliphatic carbocycles. The third kappa shape index (κ3) is 7.15. The van der Waals surface area contributed by atoms with Crippen molar-refractivity contribution in [2.75, 3.05) is 13.2 Å². The first kappa shape index (κ1) is 22.9. The van der Waals surface area contributed by atoms with Crippen molar-refractivity contribution in [3.8, 4) is 23.3 Å². The number of carbonyl (C=O) groups excluding carboxylic acids is 1. The van der Waals surface area contributed by atoms with Gasteiger partial charge in [0.2, 0.25) is 0 Å². The van der Waals surface area contributed by atoms with E-state index in [2.05, 4.69) is 11.8 Å². The van der Waals surface area contributed by atoms with Crippen LogP contribution in [0.15, 0.2) is 70.5 Å². The fraction of sp³-hybridized carbons (Fsp3) is 0.125. The van der Waals surface area contributed by atoms with Gasteiger partial charge in [-0.05, 0) is 67.6 Å². The van der Waals surface area contributed by atoms with Crippen molar-refractivity contribution in [1.82, 2.24) is 0 Å². The minimum Gasteiger partial charge on any atom is -0.508 e. The molecule has 0 saturated heterocycles. The molecule has 0 aromatic heterocycles. The second-order valence-corrected chi connectivity index (χ2v) is 8.25. The molecule has 7 heteroatoms. The zero-order valence-electron chi connectivity index (χ0n) is 16.5. The van der Waals surface area contributed by atoms with Crippen molar-refractivity contribution in [3.63, 3.8) is 0 Å². The normalized spacial score (nSPS) is 10.2. The molecule has 0 radical (unpaired) electrons. The van der Waals surface area contributed by atoms with Gasteiger partial charge in [0, 0.05) is 25.9 Å². The highest BCUT2D eigenvalue weighted by Gasteiger charge is 2.09.